The highest BCUT2D eigenvalue weighted by Crippen LogP contribution is 2.17. The van der Waals surface area contributed by atoms with Crippen molar-refractivity contribution < 1.29 is 4.74 Å². The molecule has 1 aromatic rings. The van der Waals surface area contributed by atoms with Gasteiger partial charge in [0, 0.05) is 24.9 Å². The van der Waals surface area contributed by atoms with Crippen molar-refractivity contribution in [1.29, 1.82) is 0 Å². The van der Waals surface area contributed by atoms with Gasteiger partial charge in [-0.25, -0.2) is 0 Å². The van der Waals surface area contributed by atoms with Crippen molar-refractivity contribution >= 4 is 0 Å². The molecule has 0 aliphatic carbocycles. The molecule has 0 aromatic carbocycles. The number of hydrogen-bond donors (Lipinski definition) is 2. The number of nitrogens with zero attached hydrogens (tertiary/aromatic N) is 2. The molecule has 0 spiro atoms. The molecule has 3 N–H and O–H groups in total. The summed E-state index contributed by atoms with van der Waals surface area (Å²) in [6.07, 6.45) is 3.85. The second-order valence-electron chi connectivity index (χ2n) is 3.43. The monoisotopic (exact) mass is 212 g/mol. The van der Waals surface area contributed by atoms with Crippen LogP contribution in [0.1, 0.15) is 32.4 Å². The van der Waals surface area contributed by atoms with Crippen LogP contribution in [0.15, 0.2) is 12.4 Å². The van der Waals surface area contributed by atoms with Crippen LogP contribution in [0.5, 0.6) is 0 Å². The predicted molar refractivity (Wildman–Crippen MR) is 59.1 cm³/mol. The number of hydrazine groups is 1. The van der Waals surface area contributed by atoms with Crippen LogP contribution in [0.25, 0.3) is 0 Å². The number of rotatable bonds is 6. The SMILES string of the molecule is CCOC(C)C(NN)c1cnn(CC)c1. The van der Waals surface area contributed by atoms with Crippen LogP contribution in [0, 0.1) is 0 Å². The predicted octanol–water partition coefficient (Wildman–Crippen LogP) is 0.832. The van der Waals surface area contributed by atoms with Crippen LogP contribution in [-0.2, 0) is 11.3 Å². The molecule has 1 aromatic heterocycles. The Morgan fingerprint density at radius 1 is 1.60 bits per heavy atom. The molecule has 0 amide bonds. The second-order valence-corrected chi connectivity index (χ2v) is 3.43. The number of ether oxygens (including phenoxy) is 1. The molecule has 5 heteroatoms. The summed E-state index contributed by atoms with van der Waals surface area (Å²) in [5.41, 5.74) is 3.82. The minimum Gasteiger partial charge on any atom is -0.377 e. The van der Waals surface area contributed by atoms with E-state index in [1.807, 2.05) is 37.8 Å². The largest absolute Gasteiger partial charge is 0.377 e. The highest BCUT2D eigenvalue weighted by Gasteiger charge is 2.19. The van der Waals surface area contributed by atoms with E-state index in [4.69, 9.17) is 10.6 Å². The minimum absolute atomic E-state index is 0.00903. The van der Waals surface area contributed by atoms with Gasteiger partial charge in [-0.05, 0) is 20.8 Å². The summed E-state index contributed by atoms with van der Waals surface area (Å²) < 4.78 is 7.39. The molecule has 2 unspecified atom stereocenters. The van der Waals surface area contributed by atoms with Crippen molar-refractivity contribution in [2.24, 2.45) is 5.84 Å². The summed E-state index contributed by atoms with van der Waals surface area (Å²) in [5.74, 6) is 5.52. The summed E-state index contributed by atoms with van der Waals surface area (Å²) in [5, 5.41) is 4.21. The Morgan fingerprint density at radius 3 is 2.80 bits per heavy atom. The van der Waals surface area contributed by atoms with E-state index in [1.54, 1.807) is 0 Å². The fourth-order valence-corrected chi connectivity index (χ4v) is 1.57. The number of nitrogens with two attached hydrogens (primary N) is 1. The van der Waals surface area contributed by atoms with Crippen LogP contribution in [-0.4, -0.2) is 22.5 Å². The third-order valence-corrected chi connectivity index (χ3v) is 2.41. The molecule has 5 nitrogen and oxygen atoms in total. The van der Waals surface area contributed by atoms with E-state index in [0.29, 0.717) is 6.61 Å². The quantitative estimate of drug-likeness (QED) is 0.541. The molecule has 0 aliphatic rings. The van der Waals surface area contributed by atoms with E-state index in [2.05, 4.69) is 10.5 Å². The lowest BCUT2D eigenvalue weighted by Gasteiger charge is -2.21. The van der Waals surface area contributed by atoms with E-state index in [9.17, 15) is 0 Å². The van der Waals surface area contributed by atoms with Crippen molar-refractivity contribution in [3.8, 4) is 0 Å². The Labute approximate surface area is 90.6 Å². The van der Waals surface area contributed by atoms with Crippen molar-refractivity contribution in [3.63, 3.8) is 0 Å². The van der Waals surface area contributed by atoms with Gasteiger partial charge in [0.1, 0.15) is 0 Å². The zero-order valence-corrected chi connectivity index (χ0v) is 9.60. The first-order chi connectivity index (χ1) is 7.22. The standard InChI is InChI=1S/C10H20N4O/c1-4-14-7-9(6-12-14)10(13-11)8(3)15-5-2/h6-8,10,13H,4-5,11H2,1-3H3. The van der Waals surface area contributed by atoms with E-state index in [-0.39, 0.29) is 12.1 Å². The molecule has 2 atom stereocenters. The fraction of sp³-hybridized carbons (Fsp3) is 0.700. The number of aryl methyl sites for hydroxylation is 1. The minimum atomic E-state index is -0.00903. The van der Waals surface area contributed by atoms with Crippen LogP contribution in [0.2, 0.25) is 0 Å². The third-order valence-electron chi connectivity index (χ3n) is 2.41. The van der Waals surface area contributed by atoms with Gasteiger partial charge >= 0.3 is 0 Å². The molecule has 1 rings (SSSR count). The van der Waals surface area contributed by atoms with Gasteiger partial charge in [0.25, 0.3) is 0 Å². The van der Waals surface area contributed by atoms with Crippen LogP contribution < -0.4 is 11.3 Å². The highest BCUT2D eigenvalue weighted by molar-refractivity contribution is 5.11. The Morgan fingerprint density at radius 2 is 2.33 bits per heavy atom. The summed E-state index contributed by atoms with van der Waals surface area (Å²) in [6, 6.07) is -0.00903. The van der Waals surface area contributed by atoms with E-state index < -0.39 is 0 Å². The van der Waals surface area contributed by atoms with Crippen molar-refractivity contribution in [3.05, 3.63) is 18.0 Å². The van der Waals surface area contributed by atoms with E-state index in [1.165, 1.54) is 0 Å². The zero-order valence-electron chi connectivity index (χ0n) is 9.60. The first kappa shape index (κ1) is 12.2. The lowest BCUT2D eigenvalue weighted by Crippen LogP contribution is -2.36. The zero-order chi connectivity index (χ0) is 11.3. The summed E-state index contributed by atoms with van der Waals surface area (Å²) in [7, 11) is 0. The third kappa shape index (κ3) is 3.02. The summed E-state index contributed by atoms with van der Waals surface area (Å²) in [4.78, 5) is 0. The van der Waals surface area contributed by atoms with Gasteiger partial charge in [-0.15, -0.1) is 0 Å². The van der Waals surface area contributed by atoms with Gasteiger partial charge in [-0.1, -0.05) is 0 Å². The maximum Gasteiger partial charge on any atom is 0.0755 e. The lowest BCUT2D eigenvalue weighted by atomic mass is 10.1. The highest BCUT2D eigenvalue weighted by atomic mass is 16.5. The van der Waals surface area contributed by atoms with Gasteiger partial charge in [0.2, 0.25) is 0 Å². The Kier molecular flexibility index (Phi) is 4.74. The van der Waals surface area contributed by atoms with E-state index in [0.717, 1.165) is 12.1 Å². The van der Waals surface area contributed by atoms with Gasteiger partial charge in [0.15, 0.2) is 0 Å². The van der Waals surface area contributed by atoms with Crippen molar-refractivity contribution in [2.75, 3.05) is 6.61 Å². The van der Waals surface area contributed by atoms with Gasteiger partial charge in [0.05, 0.1) is 18.3 Å². The lowest BCUT2D eigenvalue weighted by molar-refractivity contribution is 0.0472. The molecule has 15 heavy (non-hydrogen) atoms. The van der Waals surface area contributed by atoms with Gasteiger partial charge in [-0.3, -0.25) is 16.0 Å². The topological polar surface area (TPSA) is 65.1 Å². The van der Waals surface area contributed by atoms with Gasteiger partial charge < -0.3 is 4.74 Å². The molecule has 0 fully saturated rings. The Hall–Kier alpha value is -0.910. The first-order valence-electron chi connectivity index (χ1n) is 5.33. The molecular weight excluding hydrogens is 192 g/mol. The molecule has 0 saturated heterocycles. The Balaban J connectivity index is 2.72. The average Bonchev–Trinajstić information content (AvgIpc) is 2.68. The normalized spacial score (nSPS) is 15.2. The average molecular weight is 212 g/mol. The van der Waals surface area contributed by atoms with Gasteiger partial charge in [-0.2, -0.15) is 5.10 Å². The molecule has 0 saturated carbocycles. The van der Waals surface area contributed by atoms with Crippen LogP contribution in [0.3, 0.4) is 0 Å². The maximum absolute atomic E-state index is 5.52. The first-order valence-corrected chi connectivity index (χ1v) is 5.33. The molecule has 0 bridgehead atoms. The van der Waals surface area contributed by atoms with E-state index >= 15 is 0 Å². The molecule has 86 valence electrons. The molecule has 1 heterocycles. The van der Waals surface area contributed by atoms with Crippen molar-refractivity contribution in [2.45, 2.75) is 39.5 Å². The number of hydrogen-bond acceptors (Lipinski definition) is 4. The summed E-state index contributed by atoms with van der Waals surface area (Å²) >= 11 is 0. The van der Waals surface area contributed by atoms with Crippen LogP contribution >= 0.6 is 0 Å². The maximum atomic E-state index is 5.52. The van der Waals surface area contributed by atoms with Crippen molar-refractivity contribution in [1.82, 2.24) is 15.2 Å². The molecule has 0 aliphatic heterocycles. The number of aromatic nitrogens is 2. The smallest absolute Gasteiger partial charge is 0.0755 e. The molecule has 0 radical (unpaired) electrons. The fourth-order valence-electron chi connectivity index (χ4n) is 1.57. The van der Waals surface area contributed by atoms with Crippen LogP contribution in [0.4, 0.5) is 0 Å². The summed E-state index contributed by atoms with van der Waals surface area (Å²) in [6.45, 7) is 7.56. The number of nitrogens with one attached hydrogen (secondary N) is 1. The molecular formula is C10H20N4O. The Bertz CT molecular complexity index is 287. The second kappa shape index (κ2) is 5.85.